The topological polar surface area (TPSA) is 71.7 Å². The summed E-state index contributed by atoms with van der Waals surface area (Å²) in [5.41, 5.74) is 2.52. The molecule has 0 heterocycles. The van der Waals surface area contributed by atoms with Crippen LogP contribution < -0.4 is 16.6 Å². The van der Waals surface area contributed by atoms with E-state index in [0.717, 1.165) is 26.1 Å². The summed E-state index contributed by atoms with van der Waals surface area (Å²) in [6.45, 7) is 9.29. The number of rotatable bonds is 7. The number of nitrogens with zero attached hydrogens (tertiary/aromatic N) is 1. The first-order valence-electron chi connectivity index (χ1n) is 5.53. The second kappa shape index (κ2) is 9.73. The molecule has 4 N–H and O–H groups in total. The maximum atomic E-state index is 5.41. The lowest BCUT2D eigenvalue weighted by molar-refractivity contribution is 0.114. The van der Waals surface area contributed by atoms with Gasteiger partial charge < -0.3 is 10.1 Å². The van der Waals surface area contributed by atoms with Crippen LogP contribution in [0.2, 0.25) is 0 Å². The van der Waals surface area contributed by atoms with E-state index in [-0.39, 0.29) is 0 Å². The maximum Gasteiger partial charge on any atom is 0.205 e. The molecule has 0 saturated heterocycles. The Labute approximate surface area is 92.4 Å². The monoisotopic (exact) mass is 216 g/mol. The summed E-state index contributed by atoms with van der Waals surface area (Å²) in [6.07, 6.45) is 1.01. The summed E-state index contributed by atoms with van der Waals surface area (Å²) in [7, 11) is 0. The van der Waals surface area contributed by atoms with Gasteiger partial charge in [0.15, 0.2) is 0 Å². The van der Waals surface area contributed by atoms with Gasteiger partial charge in [0.25, 0.3) is 0 Å². The van der Waals surface area contributed by atoms with Crippen LogP contribution in [0.3, 0.4) is 0 Å². The third-order valence-corrected chi connectivity index (χ3v) is 1.62. The summed E-state index contributed by atoms with van der Waals surface area (Å²) >= 11 is 0. The molecule has 15 heavy (non-hydrogen) atoms. The average Bonchev–Trinajstić information content (AvgIpc) is 2.21. The van der Waals surface area contributed by atoms with E-state index in [1.165, 1.54) is 0 Å². The van der Waals surface area contributed by atoms with Gasteiger partial charge in [-0.2, -0.15) is 0 Å². The highest BCUT2D eigenvalue weighted by atomic mass is 16.5. The van der Waals surface area contributed by atoms with Crippen LogP contribution in [0.4, 0.5) is 0 Å². The van der Waals surface area contributed by atoms with Crippen LogP contribution >= 0.6 is 0 Å². The summed E-state index contributed by atoms with van der Waals surface area (Å²) in [4.78, 5) is 4.21. The van der Waals surface area contributed by atoms with Crippen LogP contribution in [-0.4, -0.2) is 32.3 Å². The Bertz CT molecular complexity index is 171. The van der Waals surface area contributed by atoms with Gasteiger partial charge in [-0.3, -0.25) is 10.4 Å². The molecule has 90 valence electrons. The Morgan fingerprint density at radius 2 is 2.20 bits per heavy atom. The van der Waals surface area contributed by atoms with Gasteiger partial charge in [-0.1, -0.05) is 20.8 Å². The van der Waals surface area contributed by atoms with Crippen molar-refractivity contribution in [1.82, 2.24) is 10.7 Å². The van der Waals surface area contributed by atoms with Crippen molar-refractivity contribution < 1.29 is 4.74 Å². The van der Waals surface area contributed by atoms with Gasteiger partial charge in [0.1, 0.15) is 0 Å². The summed E-state index contributed by atoms with van der Waals surface area (Å²) < 4.78 is 5.41. The molecular formula is C10H24N4O. The number of guanidine groups is 1. The van der Waals surface area contributed by atoms with E-state index < -0.39 is 0 Å². The zero-order valence-electron chi connectivity index (χ0n) is 10.0. The summed E-state index contributed by atoms with van der Waals surface area (Å²) in [5, 5.41) is 3.07. The molecule has 5 nitrogen and oxygen atoms in total. The van der Waals surface area contributed by atoms with Crippen LogP contribution in [0.15, 0.2) is 4.99 Å². The van der Waals surface area contributed by atoms with E-state index in [4.69, 9.17) is 10.6 Å². The minimum Gasteiger partial charge on any atom is -0.379 e. The van der Waals surface area contributed by atoms with Gasteiger partial charge in [0.2, 0.25) is 5.96 Å². The molecule has 0 rings (SSSR count). The van der Waals surface area contributed by atoms with Gasteiger partial charge in [0, 0.05) is 19.7 Å². The molecule has 0 unspecified atom stereocenters. The van der Waals surface area contributed by atoms with E-state index in [1.54, 1.807) is 0 Å². The second-order valence-corrected chi connectivity index (χ2v) is 3.77. The number of nitrogens with one attached hydrogen (secondary N) is 2. The number of hydrogen-bond donors (Lipinski definition) is 3. The number of hydrogen-bond acceptors (Lipinski definition) is 3. The lowest BCUT2D eigenvalue weighted by Crippen LogP contribution is -2.43. The van der Waals surface area contributed by atoms with Crippen LogP contribution in [0.25, 0.3) is 0 Å². The van der Waals surface area contributed by atoms with Crippen LogP contribution in [0, 0.1) is 5.92 Å². The first-order chi connectivity index (χ1) is 7.20. The quantitative estimate of drug-likeness (QED) is 0.190. The van der Waals surface area contributed by atoms with Crippen molar-refractivity contribution >= 4 is 5.96 Å². The van der Waals surface area contributed by atoms with Crippen LogP contribution in [-0.2, 0) is 4.74 Å². The highest BCUT2D eigenvalue weighted by Gasteiger charge is 1.95. The fourth-order valence-corrected chi connectivity index (χ4v) is 0.937. The van der Waals surface area contributed by atoms with Crippen molar-refractivity contribution in [3.05, 3.63) is 0 Å². The standard InChI is InChI=1S/C10H24N4O/c1-4-5-12-10(14-11)13-6-7-15-8-9(2)3/h9H,4-8,11H2,1-3H3,(H2,12,13,14). The maximum absolute atomic E-state index is 5.41. The summed E-state index contributed by atoms with van der Waals surface area (Å²) in [6, 6.07) is 0. The third kappa shape index (κ3) is 9.49. The number of hydrazine groups is 1. The molecule has 0 aliphatic heterocycles. The molecular weight excluding hydrogens is 192 g/mol. The largest absolute Gasteiger partial charge is 0.379 e. The highest BCUT2D eigenvalue weighted by molar-refractivity contribution is 5.79. The Morgan fingerprint density at radius 1 is 1.47 bits per heavy atom. The molecule has 0 aliphatic rings. The zero-order valence-corrected chi connectivity index (χ0v) is 10.0. The number of nitrogens with two attached hydrogens (primary N) is 1. The predicted molar refractivity (Wildman–Crippen MR) is 63.6 cm³/mol. The Morgan fingerprint density at radius 3 is 2.73 bits per heavy atom. The first-order valence-corrected chi connectivity index (χ1v) is 5.53. The fraction of sp³-hybridized carbons (Fsp3) is 0.900. The van der Waals surface area contributed by atoms with Crippen molar-refractivity contribution in [2.24, 2.45) is 16.8 Å². The Kier molecular flexibility index (Phi) is 9.21. The molecule has 0 aromatic heterocycles. The molecule has 0 aromatic rings. The zero-order chi connectivity index (χ0) is 11.5. The molecule has 0 atom stereocenters. The Balaban J connectivity index is 3.46. The number of aliphatic imine (C=N–C) groups is 1. The van der Waals surface area contributed by atoms with E-state index >= 15 is 0 Å². The molecule has 0 spiro atoms. The normalized spacial score (nSPS) is 11.9. The summed E-state index contributed by atoms with van der Waals surface area (Å²) in [5.74, 6) is 6.50. The minimum absolute atomic E-state index is 0.575. The van der Waals surface area contributed by atoms with E-state index in [0.29, 0.717) is 18.5 Å². The molecule has 0 aliphatic carbocycles. The molecule has 0 saturated carbocycles. The molecule has 0 fully saturated rings. The van der Waals surface area contributed by atoms with Crippen molar-refractivity contribution in [2.75, 3.05) is 26.3 Å². The van der Waals surface area contributed by atoms with Crippen LogP contribution in [0.1, 0.15) is 27.2 Å². The molecule has 0 bridgehead atoms. The smallest absolute Gasteiger partial charge is 0.205 e. The molecule has 0 aromatic carbocycles. The van der Waals surface area contributed by atoms with Gasteiger partial charge in [-0.05, 0) is 12.3 Å². The van der Waals surface area contributed by atoms with Gasteiger partial charge in [-0.25, -0.2) is 5.84 Å². The molecule has 0 amide bonds. The van der Waals surface area contributed by atoms with Gasteiger partial charge in [-0.15, -0.1) is 0 Å². The average molecular weight is 216 g/mol. The molecule has 5 heteroatoms. The van der Waals surface area contributed by atoms with Crippen LogP contribution in [0.5, 0.6) is 0 Å². The SMILES string of the molecule is CCCN=C(NN)NCCOCC(C)C. The Hall–Kier alpha value is -0.810. The lowest BCUT2D eigenvalue weighted by Gasteiger charge is -2.10. The highest BCUT2D eigenvalue weighted by Crippen LogP contribution is 1.90. The lowest BCUT2D eigenvalue weighted by atomic mass is 10.2. The van der Waals surface area contributed by atoms with E-state index in [9.17, 15) is 0 Å². The minimum atomic E-state index is 0.575. The van der Waals surface area contributed by atoms with Crippen molar-refractivity contribution in [2.45, 2.75) is 27.2 Å². The second-order valence-electron chi connectivity index (χ2n) is 3.77. The van der Waals surface area contributed by atoms with Gasteiger partial charge in [0.05, 0.1) is 6.61 Å². The van der Waals surface area contributed by atoms with Crippen molar-refractivity contribution in [3.63, 3.8) is 0 Å². The first kappa shape index (κ1) is 14.2. The van der Waals surface area contributed by atoms with E-state index in [1.807, 2.05) is 0 Å². The number of ether oxygens (including phenoxy) is 1. The van der Waals surface area contributed by atoms with Crippen molar-refractivity contribution in [3.8, 4) is 0 Å². The predicted octanol–water partition coefficient (Wildman–Crippen LogP) is 0.478. The third-order valence-electron chi connectivity index (χ3n) is 1.62. The fourth-order valence-electron chi connectivity index (χ4n) is 0.937. The van der Waals surface area contributed by atoms with E-state index in [2.05, 4.69) is 36.5 Å². The van der Waals surface area contributed by atoms with Gasteiger partial charge >= 0.3 is 0 Å². The van der Waals surface area contributed by atoms with Crippen molar-refractivity contribution in [1.29, 1.82) is 0 Å². The molecule has 0 radical (unpaired) electrons.